The summed E-state index contributed by atoms with van der Waals surface area (Å²) >= 11 is 0. The summed E-state index contributed by atoms with van der Waals surface area (Å²) in [4.78, 5) is 10.6. The van der Waals surface area contributed by atoms with Gasteiger partial charge in [-0.3, -0.25) is 9.98 Å². The van der Waals surface area contributed by atoms with E-state index in [1.807, 2.05) is 19.2 Å². The summed E-state index contributed by atoms with van der Waals surface area (Å²) in [6.07, 6.45) is 7.71. The SMILES string of the molecule is C=N/C=C(\C=N/Cc1ccc(C#N)cc1Oc1cc(N2CCCCC2)nn1C)CCN. The maximum Gasteiger partial charge on any atom is 0.219 e. The predicted octanol–water partition coefficient (Wildman–Crippen LogP) is 3.58. The van der Waals surface area contributed by atoms with Gasteiger partial charge in [0.1, 0.15) is 5.75 Å². The highest BCUT2D eigenvalue weighted by atomic mass is 16.5. The van der Waals surface area contributed by atoms with E-state index in [-0.39, 0.29) is 0 Å². The summed E-state index contributed by atoms with van der Waals surface area (Å²) < 4.78 is 7.92. The number of nitriles is 1. The zero-order valence-electron chi connectivity index (χ0n) is 18.0. The number of nitrogens with zero attached hydrogens (tertiary/aromatic N) is 6. The Morgan fingerprint density at radius 2 is 2.13 bits per heavy atom. The molecule has 0 radical (unpaired) electrons. The Kier molecular flexibility index (Phi) is 7.96. The summed E-state index contributed by atoms with van der Waals surface area (Å²) in [5.74, 6) is 2.14. The van der Waals surface area contributed by atoms with Gasteiger partial charge in [-0.25, -0.2) is 4.68 Å². The van der Waals surface area contributed by atoms with Gasteiger partial charge in [-0.15, -0.1) is 0 Å². The second-order valence-electron chi connectivity index (χ2n) is 7.44. The number of hydrogen-bond donors (Lipinski definition) is 1. The molecule has 1 fully saturated rings. The van der Waals surface area contributed by atoms with E-state index in [1.54, 1.807) is 29.2 Å². The normalized spacial score (nSPS) is 14.6. The molecule has 8 heteroatoms. The Labute approximate surface area is 183 Å². The van der Waals surface area contributed by atoms with Crippen molar-refractivity contribution in [3.63, 3.8) is 0 Å². The lowest BCUT2D eigenvalue weighted by Gasteiger charge is -2.26. The molecule has 0 saturated carbocycles. The summed E-state index contributed by atoms with van der Waals surface area (Å²) in [7, 11) is 1.86. The van der Waals surface area contributed by atoms with E-state index in [2.05, 4.69) is 32.8 Å². The standard InChI is InChI=1S/C23H29N7O/c1-26-15-19(8-9-24)16-27-17-20-7-6-18(14-25)12-21(20)31-23-13-22(28-29(23)2)30-10-4-3-5-11-30/h6-7,12-13,15-16H,1,3-5,8-11,17,24H2,2H3/b19-15-,27-16-. The topological polar surface area (TPSA) is 105 Å². The third-order valence-electron chi connectivity index (χ3n) is 5.12. The maximum atomic E-state index is 9.32. The lowest BCUT2D eigenvalue weighted by Crippen LogP contribution is -2.29. The van der Waals surface area contributed by atoms with Crippen LogP contribution in [0.5, 0.6) is 11.6 Å². The molecule has 2 heterocycles. The first kappa shape index (κ1) is 22.2. The number of aliphatic imine (C=N–C) groups is 2. The molecular formula is C23H29N7O. The fourth-order valence-electron chi connectivity index (χ4n) is 3.48. The number of aryl methyl sites for hydroxylation is 1. The molecule has 0 spiro atoms. The lowest BCUT2D eigenvalue weighted by molar-refractivity contribution is 0.426. The molecule has 31 heavy (non-hydrogen) atoms. The number of nitrogens with two attached hydrogens (primary N) is 1. The fraction of sp³-hybridized carbons (Fsp3) is 0.391. The number of anilines is 1. The van der Waals surface area contributed by atoms with E-state index in [1.165, 1.54) is 19.3 Å². The summed E-state index contributed by atoms with van der Waals surface area (Å²) in [6.45, 7) is 6.42. The molecule has 0 unspecified atom stereocenters. The van der Waals surface area contributed by atoms with E-state index in [4.69, 9.17) is 10.5 Å². The van der Waals surface area contributed by atoms with Gasteiger partial charge >= 0.3 is 0 Å². The molecule has 0 atom stereocenters. The molecule has 1 aromatic carbocycles. The van der Waals surface area contributed by atoms with Crippen LogP contribution in [0.1, 0.15) is 36.8 Å². The molecule has 1 saturated heterocycles. The first-order valence-electron chi connectivity index (χ1n) is 10.5. The summed E-state index contributed by atoms with van der Waals surface area (Å²) in [5.41, 5.74) is 7.93. The van der Waals surface area contributed by atoms with Gasteiger partial charge in [0.15, 0.2) is 5.82 Å². The van der Waals surface area contributed by atoms with E-state index in [0.29, 0.717) is 36.7 Å². The van der Waals surface area contributed by atoms with E-state index in [0.717, 1.165) is 30.0 Å². The van der Waals surface area contributed by atoms with Crippen LogP contribution in [0.3, 0.4) is 0 Å². The predicted molar refractivity (Wildman–Crippen MR) is 124 cm³/mol. The molecule has 2 aromatic rings. The Bertz CT molecular complexity index is 994. The smallest absolute Gasteiger partial charge is 0.219 e. The molecule has 0 bridgehead atoms. The highest BCUT2D eigenvalue weighted by Crippen LogP contribution is 2.30. The van der Waals surface area contributed by atoms with Crippen LogP contribution < -0.4 is 15.4 Å². The molecule has 1 aromatic heterocycles. The van der Waals surface area contributed by atoms with Crippen LogP contribution in [-0.2, 0) is 13.6 Å². The minimum absolute atomic E-state index is 0.400. The van der Waals surface area contributed by atoms with Crippen LogP contribution in [0.4, 0.5) is 5.82 Å². The average molecular weight is 420 g/mol. The van der Waals surface area contributed by atoms with Crippen molar-refractivity contribution in [3.8, 4) is 17.7 Å². The maximum absolute atomic E-state index is 9.32. The van der Waals surface area contributed by atoms with E-state index >= 15 is 0 Å². The van der Waals surface area contributed by atoms with Crippen molar-refractivity contribution >= 4 is 18.7 Å². The number of hydrogen-bond acceptors (Lipinski definition) is 7. The van der Waals surface area contributed by atoms with E-state index in [9.17, 15) is 5.26 Å². The lowest BCUT2D eigenvalue weighted by atomic mass is 10.1. The monoisotopic (exact) mass is 419 g/mol. The Hall–Kier alpha value is -3.44. The molecule has 0 amide bonds. The van der Waals surface area contributed by atoms with Crippen molar-refractivity contribution in [3.05, 3.63) is 47.2 Å². The highest BCUT2D eigenvalue weighted by molar-refractivity contribution is 5.78. The summed E-state index contributed by atoms with van der Waals surface area (Å²) in [5, 5.41) is 13.9. The Morgan fingerprint density at radius 1 is 1.32 bits per heavy atom. The Balaban J connectivity index is 1.80. The van der Waals surface area contributed by atoms with Crippen molar-refractivity contribution in [2.45, 2.75) is 32.2 Å². The molecule has 1 aliphatic heterocycles. The molecule has 2 N–H and O–H groups in total. The number of rotatable bonds is 9. The first-order chi connectivity index (χ1) is 15.1. The van der Waals surface area contributed by atoms with Crippen LogP contribution in [-0.4, -0.2) is 42.3 Å². The minimum atomic E-state index is 0.400. The number of benzene rings is 1. The number of ether oxygens (including phenoxy) is 1. The largest absolute Gasteiger partial charge is 0.439 e. The zero-order valence-corrected chi connectivity index (χ0v) is 18.0. The van der Waals surface area contributed by atoms with Crippen molar-refractivity contribution in [1.29, 1.82) is 5.26 Å². The second-order valence-corrected chi connectivity index (χ2v) is 7.44. The number of piperidine rings is 1. The van der Waals surface area contributed by atoms with Crippen molar-refractivity contribution in [2.24, 2.45) is 22.8 Å². The van der Waals surface area contributed by atoms with Crippen molar-refractivity contribution in [2.75, 3.05) is 24.5 Å². The van der Waals surface area contributed by atoms with E-state index < -0.39 is 0 Å². The molecular weight excluding hydrogens is 390 g/mol. The van der Waals surface area contributed by atoms with Crippen LogP contribution >= 0.6 is 0 Å². The molecule has 1 aliphatic rings. The van der Waals surface area contributed by atoms with Gasteiger partial charge in [0, 0.05) is 44.2 Å². The molecule has 0 aliphatic carbocycles. The van der Waals surface area contributed by atoms with Gasteiger partial charge in [-0.2, -0.15) is 10.4 Å². The van der Waals surface area contributed by atoms with Gasteiger partial charge in [0.25, 0.3) is 0 Å². The first-order valence-corrected chi connectivity index (χ1v) is 10.5. The van der Waals surface area contributed by atoms with Crippen LogP contribution in [0.25, 0.3) is 0 Å². The van der Waals surface area contributed by atoms with Crippen molar-refractivity contribution in [1.82, 2.24) is 9.78 Å². The molecule has 3 rings (SSSR count). The Morgan fingerprint density at radius 3 is 2.84 bits per heavy atom. The average Bonchev–Trinajstić information content (AvgIpc) is 3.15. The summed E-state index contributed by atoms with van der Waals surface area (Å²) in [6, 6.07) is 9.49. The minimum Gasteiger partial charge on any atom is -0.439 e. The van der Waals surface area contributed by atoms with Gasteiger partial charge < -0.3 is 15.4 Å². The van der Waals surface area contributed by atoms with Gasteiger partial charge in [0.05, 0.1) is 18.2 Å². The number of aromatic nitrogens is 2. The van der Waals surface area contributed by atoms with Crippen LogP contribution in [0, 0.1) is 11.3 Å². The molecule has 8 nitrogen and oxygen atoms in total. The van der Waals surface area contributed by atoms with Gasteiger partial charge in [0.2, 0.25) is 5.88 Å². The quantitative estimate of drug-likeness (QED) is 0.626. The third-order valence-corrected chi connectivity index (χ3v) is 5.12. The fourth-order valence-corrected chi connectivity index (χ4v) is 3.48. The molecule has 162 valence electrons. The van der Waals surface area contributed by atoms with Crippen LogP contribution in [0.2, 0.25) is 0 Å². The van der Waals surface area contributed by atoms with Gasteiger partial charge in [-0.1, -0.05) is 6.07 Å². The van der Waals surface area contributed by atoms with Crippen LogP contribution in [0.15, 0.2) is 46.0 Å². The third kappa shape index (κ3) is 6.03. The second kappa shape index (κ2) is 11.1. The highest BCUT2D eigenvalue weighted by Gasteiger charge is 2.17. The zero-order chi connectivity index (χ0) is 22.1. The van der Waals surface area contributed by atoms with Gasteiger partial charge in [-0.05, 0) is 56.7 Å². The van der Waals surface area contributed by atoms with Crippen molar-refractivity contribution < 1.29 is 4.74 Å².